The molecule has 2 aliphatic heterocycles. The number of hydrogen-bond acceptors (Lipinski definition) is 6. The molecular weight excluding hydrogens is 459 g/mol. The van der Waals surface area contributed by atoms with Crippen LogP contribution in [0.15, 0.2) is 36.4 Å². The molecule has 0 saturated carbocycles. The van der Waals surface area contributed by atoms with Gasteiger partial charge in [0.2, 0.25) is 5.91 Å². The minimum atomic E-state index is -1.42. The number of hydrogen-bond donors (Lipinski definition) is 2. The van der Waals surface area contributed by atoms with Crippen LogP contribution in [-0.2, 0) is 22.5 Å². The molecule has 2 aromatic carbocycles. The summed E-state index contributed by atoms with van der Waals surface area (Å²) >= 11 is 0. The van der Waals surface area contributed by atoms with E-state index in [2.05, 4.69) is 0 Å². The summed E-state index contributed by atoms with van der Waals surface area (Å²) in [4.78, 5) is 26.7. The average Bonchev–Trinajstić information content (AvgIpc) is 2.85. The number of piperidine rings is 1. The summed E-state index contributed by atoms with van der Waals surface area (Å²) in [5, 5.41) is 20.4. The van der Waals surface area contributed by atoms with E-state index in [4.69, 9.17) is 14.2 Å². The molecule has 0 spiro atoms. The van der Waals surface area contributed by atoms with Crippen LogP contribution in [0.25, 0.3) is 0 Å². The van der Waals surface area contributed by atoms with Crippen LogP contribution >= 0.6 is 0 Å². The van der Waals surface area contributed by atoms with Crippen molar-refractivity contribution in [3.63, 3.8) is 0 Å². The van der Waals surface area contributed by atoms with Crippen molar-refractivity contribution in [1.82, 2.24) is 4.90 Å². The van der Waals surface area contributed by atoms with Crippen LogP contribution in [0.4, 0.5) is 14.9 Å². The predicted molar refractivity (Wildman–Crippen MR) is 124 cm³/mol. The molecule has 2 aliphatic rings. The monoisotopic (exact) mass is 488 g/mol. The van der Waals surface area contributed by atoms with Crippen molar-refractivity contribution >= 4 is 17.7 Å². The Balaban J connectivity index is 1.56. The van der Waals surface area contributed by atoms with Gasteiger partial charge in [0.1, 0.15) is 35.6 Å². The van der Waals surface area contributed by atoms with Gasteiger partial charge in [-0.25, -0.2) is 9.18 Å². The quantitative estimate of drug-likeness (QED) is 0.617. The third kappa shape index (κ3) is 5.03. The Morgan fingerprint density at radius 2 is 1.91 bits per heavy atom. The van der Waals surface area contributed by atoms with Crippen molar-refractivity contribution in [2.45, 2.75) is 37.5 Å². The molecule has 10 heteroatoms. The summed E-state index contributed by atoms with van der Waals surface area (Å²) in [6.45, 7) is 0.179. The van der Waals surface area contributed by atoms with Crippen LogP contribution in [0, 0.1) is 5.82 Å². The maximum Gasteiger partial charge on any atom is 0.407 e. The molecule has 0 aliphatic carbocycles. The number of anilines is 1. The van der Waals surface area contributed by atoms with Gasteiger partial charge in [0.25, 0.3) is 0 Å². The van der Waals surface area contributed by atoms with E-state index < -0.39 is 23.6 Å². The first kappa shape index (κ1) is 24.7. The summed E-state index contributed by atoms with van der Waals surface area (Å²) in [5.74, 6) is 0.334. The van der Waals surface area contributed by atoms with E-state index in [0.717, 1.165) is 5.56 Å². The number of halogens is 1. The summed E-state index contributed by atoms with van der Waals surface area (Å²) in [6.07, 6.45) is -1.23. The number of carbonyl (C=O) groups is 2. The first-order chi connectivity index (χ1) is 16.8. The molecule has 35 heavy (non-hydrogen) atoms. The first-order valence-electron chi connectivity index (χ1n) is 11.4. The highest BCUT2D eigenvalue weighted by molar-refractivity contribution is 5.97. The highest BCUT2D eigenvalue weighted by Gasteiger charge is 2.44. The van der Waals surface area contributed by atoms with Crippen LogP contribution in [0.3, 0.4) is 0 Å². The summed E-state index contributed by atoms with van der Waals surface area (Å²) in [7, 11) is 2.97. The second-order valence-corrected chi connectivity index (χ2v) is 8.80. The molecule has 0 bridgehead atoms. The fourth-order valence-electron chi connectivity index (χ4n) is 4.62. The highest BCUT2D eigenvalue weighted by atomic mass is 19.1. The number of rotatable bonds is 7. The smallest absolute Gasteiger partial charge is 0.407 e. The Bertz CT molecular complexity index is 1090. The number of carboxylic acid groups (broad SMARTS) is 1. The zero-order valence-corrected chi connectivity index (χ0v) is 19.7. The number of benzene rings is 2. The van der Waals surface area contributed by atoms with E-state index in [-0.39, 0.29) is 50.7 Å². The van der Waals surface area contributed by atoms with E-state index in [1.165, 1.54) is 29.0 Å². The van der Waals surface area contributed by atoms with Gasteiger partial charge in [-0.05, 0) is 42.7 Å². The first-order valence-corrected chi connectivity index (χ1v) is 11.4. The fraction of sp³-hybridized carbons (Fsp3) is 0.440. The molecule has 0 radical (unpaired) electrons. The number of carbonyl (C=O) groups excluding carboxylic acids is 1. The lowest BCUT2D eigenvalue weighted by Crippen LogP contribution is -2.60. The van der Waals surface area contributed by atoms with Crippen LogP contribution < -0.4 is 14.4 Å². The minimum Gasteiger partial charge on any atom is -0.497 e. The van der Waals surface area contributed by atoms with Crippen molar-refractivity contribution in [2.75, 3.05) is 38.8 Å². The van der Waals surface area contributed by atoms with Crippen molar-refractivity contribution in [3.8, 4) is 11.5 Å². The average molecular weight is 489 g/mol. The van der Waals surface area contributed by atoms with Crippen molar-refractivity contribution < 1.29 is 38.4 Å². The van der Waals surface area contributed by atoms with Crippen molar-refractivity contribution in [2.24, 2.45) is 0 Å². The van der Waals surface area contributed by atoms with E-state index in [1.807, 2.05) is 12.1 Å². The van der Waals surface area contributed by atoms with Gasteiger partial charge in [-0.3, -0.25) is 4.79 Å². The third-order valence-corrected chi connectivity index (χ3v) is 6.68. The number of methoxy groups -OCH3 is 2. The van der Waals surface area contributed by atoms with Gasteiger partial charge < -0.3 is 34.2 Å². The van der Waals surface area contributed by atoms with Crippen LogP contribution in [0.2, 0.25) is 0 Å². The zero-order chi connectivity index (χ0) is 25.2. The Morgan fingerprint density at radius 1 is 1.17 bits per heavy atom. The van der Waals surface area contributed by atoms with Gasteiger partial charge in [0.15, 0.2) is 0 Å². The molecule has 4 rings (SSSR count). The van der Waals surface area contributed by atoms with Crippen molar-refractivity contribution in [1.29, 1.82) is 0 Å². The third-order valence-electron chi connectivity index (χ3n) is 6.68. The van der Waals surface area contributed by atoms with Crippen molar-refractivity contribution in [3.05, 3.63) is 53.3 Å². The topological polar surface area (TPSA) is 109 Å². The predicted octanol–water partition coefficient (Wildman–Crippen LogP) is 2.82. The number of aliphatic hydroxyl groups is 1. The Kier molecular flexibility index (Phi) is 7.13. The second kappa shape index (κ2) is 10.1. The number of likely N-dealkylation sites (tertiary alicyclic amines) is 1. The number of ether oxygens (including phenoxy) is 3. The molecule has 2 amide bonds. The molecule has 2 aromatic rings. The van der Waals surface area contributed by atoms with Gasteiger partial charge in [0.05, 0.1) is 25.9 Å². The molecule has 2 heterocycles. The van der Waals surface area contributed by atoms with Crippen LogP contribution in [-0.4, -0.2) is 72.7 Å². The second-order valence-electron chi connectivity index (χ2n) is 8.80. The molecular formula is C25H29FN2O7. The Morgan fingerprint density at radius 3 is 2.57 bits per heavy atom. The van der Waals surface area contributed by atoms with Crippen LogP contribution in [0.1, 0.15) is 24.0 Å². The number of nitrogens with zero attached hydrogens (tertiary/aromatic N) is 2. The fourth-order valence-corrected chi connectivity index (χ4v) is 4.62. The maximum absolute atomic E-state index is 15.0. The van der Waals surface area contributed by atoms with E-state index >= 15 is 4.39 Å². The van der Waals surface area contributed by atoms with Crippen LogP contribution in [0.5, 0.6) is 11.5 Å². The summed E-state index contributed by atoms with van der Waals surface area (Å²) < 4.78 is 31.5. The van der Waals surface area contributed by atoms with Gasteiger partial charge in [-0.15, -0.1) is 0 Å². The molecule has 0 aromatic heterocycles. The van der Waals surface area contributed by atoms with E-state index in [1.54, 1.807) is 19.2 Å². The van der Waals surface area contributed by atoms with E-state index in [0.29, 0.717) is 23.5 Å². The molecule has 188 valence electrons. The molecule has 2 unspecified atom stereocenters. The molecule has 1 fully saturated rings. The normalized spacial score (nSPS) is 22.1. The lowest BCUT2D eigenvalue weighted by Gasteiger charge is -2.42. The standard InChI is InChI=1S/C25H29FN2O7/c1-33-17-5-3-16(4-6-17)13-28-22(29)10-7-18-20(9-8-19(26)23(18)28)35-15-25(32)11-12-27(24(30)31)14-21(25)34-2/h3-6,8-9,21,32H,7,10-15H2,1-2H3,(H,30,31). The minimum absolute atomic E-state index is 0.0113. The molecule has 1 saturated heterocycles. The summed E-state index contributed by atoms with van der Waals surface area (Å²) in [5.41, 5.74) is 0.124. The molecule has 2 atom stereocenters. The number of amides is 2. The van der Waals surface area contributed by atoms with Gasteiger partial charge in [-0.2, -0.15) is 0 Å². The Labute approximate surface area is 202 Å². The molecule has 2 N–H and O–H groups in total. The highest BCUT2D eigenvalue weighted by Crippen LogP contribution is 2.39. The van der Waals surface area contributed by atoms with E-state index in [9.17, 15) is 19.8 Å². The lowest BCUT2D eigenvalue weighted by molar-refractivity contribution is -0.145. The zero-order valence-electron chi connectivity index (χ0n) is 19.7. The maximum atomic E-state index is 15.0. The van der Waals surface area contributed by atoms with Gasteiger partial charge in [-0.1, -0.05) is 12.1 Å². The largest absolute Gasteiger partial charge is 0.497 e. The van der Waals surface area contributed by atoms with Gasteiger partial charge >= 0.3 is 6.09 Å². The molecule has 9 nitrogen and oxygen atoms in total. The lowest BCUT2D eigenvalue weighted by atomic mass is 9.89. The SMILES string of the molecule is COc1ccc(CN2C(=O)CCc3c(OCC4(O)CCN(C(=O)O)CC4OC)ccc(F)c32)cc1. The van der Waals surface area contributed by atoms with Gasteiger partial charge in [0, 0.05) is 25.6 Å². The Hall–Kier alpha value is -3.37. The summed E-state index contributed by atoms with van der Waals surface area (Å²) in [6, 6.07) is 9.95. The number of fused-ring (bicyclic) bond motifs is 1.